The molecule has 1 aromatic rings. The zero-order chi connectivity index (χ0) is 11.9. The number of aromatic nitrogens is 3. The molecule has 0 amide bonds. The number of fused-ring (bicyclic) bond motifs is 1. The number of hydrogen-bond donors (Lipinski definition) is 1. The van der Waals surface area contributed by atoms with Crippen molar-refractivity contribution in [1.29, 1.82) is 0 Å². The number of aliphatic carboxylic acids is 1. The molecule has 0 aromatic carbocycles. The normalized spacial score (nSPS) is 20.6. The summed E-state index contributed by atoms with van der Waals surface area (Å²) in [6.45, 7) is -0.0687. The van der Waals surface area contributed by atoms with Crippen molar-refractivity contribution in [1.82, 2.24) is 14.8 Å². The molecule has 9 heteroatoms. The van der Waals surface area contributed by atoms with Gasteiger partial charge < -0.3 is 5.11 Å². The van der Waals surface area contributed by atoms with E-state index < -0.39 is 23.9 Å². The average molecular weight is 253 g/mol. The number of thioether (sulfide) groups is 1. The molecule has 1 aromatic heterocycles. The third-order valence-corrected chi connectivity index (χ3v) is 3.18. The summed E-state index contributed by atoms with van der Waals surface area (Å²) in [4.78, 5) is 14.0. The number of rotatable bonds is 1. The number of halogens is 3. The maximum atomic E-state index is 12.3. The van der Waals surface area contributed by atoms with Crippen molar-refractivity contribution in [3.63, 3.8) is 0 Å². The first kappa shape index (κ1) is 11.2. The van der Waals surface area contributed by atoms with Crippen molar-refractivity contribution >= 4 is 17.7 Å². The van der Waals surface area contributed by atoms with E-state index in [0.717, 1.165) is 16.4 Å². The van der Waals surface area contributed by atoms with Crippen molar-refractivity contribution in [2.24, 2.45) is 5.92 Å². The molecule has 5 nitrogen and oxygen atoms in total. The summed E-state index contributed by atoms with van der Waals surface area (Å²) in [6.07, 6.45) is -4.59. The second-order valence-corrected chi connectivity index (χ2v) is 4.23. The van der Waals surface area contributed by atoms with Crippen molar-refractivity contribution < 1.29 is 23.1 Å². The Bertz CT molecular complexity index is 431. The molecule has 0 saturated carbocycles. The summed E-state index contributed by atoms with van der Waals surface area (Å²) in [5.41, 5.74) is 0. The Balaban J connectivity index is 2.27. The third-order valence-electron chi connectivity index (χ3n) is 2.05. The van der Waals surface area contributed by atoms with E-state index in [0.29, 0.717) is 0 Å². The first-order valence-electron chi connectivity index (χ1n) is 4.25. The summed E-state index contributed by atoms with van der Waals surface area (Å²) in [6, 6.07) is 0. The van der Waals surface area contributed by atoms with Gasteiger partial charge in [0.1, 0.15) is 0 Å². The van der Waals surface area contributed by atoms with E-state index in [1.54, 1.807) is 0 Å². The smallest absolute Gasteiger partial charge is 0.453 e. The van der Waals surface area contributed by atoms with E-state index in [9.17, 15) is 18.0 Å². The van der Waals surface area contributed by atoms with Crippen LogP contribution in [0.1, 0.15) is 5.82 Å². The van der Waals surface area contributed by atoms with E-state index in [1.165, 1.54) is 0 Å². The maximum absolute atomic E-state index is 12.3. The fourth-order valence-electron chi connectivity index (χ4n) is 1.26. The minimum absolute atomic E-state index is 0.0687. The van der Waals surface area contributed by atoms with Gasteiger partial charge in [0.2, 0.25) is 0 Å². The molecule has 2 rings (SSSR count). The van der Waals surface area contributed by atoms with E-state index >= 15 is 0 Å². The lowest BCUT2D eigenvalue weighted by Crippen LogP contribution is -2.27. The molecule has 2 heterocycles. The second-order valence-electron chi connectivity index (χ2n) is 3.24. The number of carboxylic acid groups (broad SMARTS) is 1. The summed E-state index contributed by atoms with van der Waals surface area (Å²) in [5, 5.41) is 12.1. The van der Waals surface area contributed by atoms with Crippen molar-refractivity contribution in [3.8, 4) is 0 Å². The van der Waals surface area contributed by atoms with Gasteiger partial charge in [-0.3, -0.25) is 4.79 Å². The van der Waals surface area contributed by atoms with E-state index in [2.05, 4.69) is 10.1 Å². The largest absolute Gasteiger partial charge is 0.481 e. The van der Waals surface area contributed by atoms with Crippen LogP contribution in [0.25, 0.3) is 0 Å². The van der Waals surface area contributed by atoms with Gasteiger partial charge in [0.05, 0.1) is 12.5 Å². The van der Waals surface area contributed by atoms with E-state index in [1.807, 2.05) is 0 Å². The number of alkyl halides is 3. The molecule has 1 aliphatic rings. The van der Waals surface area contributed by atoms with Crippen molar-refractivity contribution in [2.75, 3.05) is 5.75 Å². The van der Waals surface area contributed by atoms with Gasteiger partial charge in [0.15, 0.2) is 5.16 Å². The Kier molecular flexibility index (Phi) is 2.56. The van der Waals surface area contributed by atoms with Gasteiger partial charge in [0, 0.05) is 5.75 Å². The van der Waals surface area contributed by atoms with Crippen LogP contribution < -0.4 is 0 Å². The highest BCUT2D eigenvalue weighted by atomic mass is 32.2. The molecular weight excluding hydrogens is 247 g/mol. The zero-order valence-corrected chi connectivity index (χ0v) is 8.55. The molecular formula is C7H6F3N3O2S. The Morgan fingerprint density at radius 1 is 1.56 bits per heavy atom. The molecule has 0 spiro atoms. The first-order valence-corrected chi connectivity index (χ1v) is 5.24. The number of nitrogens with zero attached hydrogens (tertiary/aromatic N) is 3. The summed E-state index contributed by atoms with van der Waals surface area (Å²) in [5.74, 6) is -2.77. The third kappa shape index (κ3) is 1.99. The van der Waals surface area contributed by atoms with E-state index in [4.69, 9.17) is 5.11 Å². The molecule has 0 radical (unpaired) electrons. The number of hydrogen-bond acceptors (Lipinski definition) is 4. The fraction of sp³-hybridized carbons (Fsp3) is 0.571. The molecule has 88 valence electrons. The lowest BCUT2D eigenvalue weighted by Gasteiger charge is -2.17. The summed E-state index contributed by atoms with van der Waals surface area (Å²) >= 11 is 0.971. The summed E-state index contributed by atoms with van der Waals surface area (Å²) < 4.78 is 37.8. The predicted octanol–water partition coefficient (Wildman–Crippen LogP) is 1.10. The molecule has 1 N–H and O–H groups in total. The first-order chi connectivity index (χ1) is 7.38. The number of carbonyl (C=O) groups is 1. The highest BCUT2D eigenvalue weighted by molar-refractivity contribution is 7.99. The van der Waals surface area contributed by atoms with Gasteiger partial charge in [-0.15, -0.1) is 5.10 Å². The van der Waals surface area contributed by atoms with Crippen molar-refractivity contribution in [3.05, 3.63) is 5.82 Å². The monoisotopic (exact) mass is 253 g/mol. The van der Waals surface area contributed by atoms with Crippen LogP contribution in [0, 0.1) is 5.92 Å². The van der Waals surface area contributed by atoms with Gasteiger partial charge in [-0.1, -0.05) is 11.8 Å². The quantitative estimate of drug-likeness (QED) is 0.811. The highest BCUT2D eigenvalue weighted by Crippen LogP contribution is 2.31. The lowest BCUT2D eigenvalue weighted by molar-refractivity contribution is -0.145. The lowest BCUT2D eigenvalue weighted by atomic mass is 10.2. The minimum Gasteiger partial charge on any atom is -0.481 e. The topological polar surface area (TPSA) is 68.0 Å². The van der Waals surface area contributed by atoms with E-state index in [-0.39, 0.29) is 17.5 Å². The molecule has 0 bridgehead atoms. The Labute approximate surface area is 91.7 Å². The number of carboxylic acids is 1. The van der Waals surface area contributed by atoms with Crippen molar-refractivity contribution in [2.45, 2.75) is 17.9 Å². The molecule has 1 unspecified atom stereocenters. The molecule has 1 atom stereocenters. The molecule has 0 aliphatic carbocycles. The van der Waals surface area contributed by atoms with Crippen LogP contribution >= 0.6 is 11.8 Å². The average Bonchev–Trinajstić information content (AvgIpc) is 2.58. The fourth-order valence-corrected chi connectivity index (χ4v) is 2.27. The highest BCUT2D eigenvalue weighted by Gasteiger charge is 2.38. The SMILES string of the molecule is O=C(O)C1CSc2nc(C(F)(F)F)nn2C1. The van der Waals surface area contributed by atoms with Crippen LogP contribution in [0.2, 0.25) is 0 Å². The Morgan fingerprint density at radius 3 is 2.81 bits per heavy atom. The van der Waals surface area contributed by atoms with Gasteiger partial charge in [-0.05, 0) is 0 Å². The Hall–Kier alpha value is -1.25. The summed E-state index contributed by atoms with van der Waals surface area (Å²) in [7, 11) is 0. The van der Waals surface area contributed by atoms with Crippen LogP contribution in [0.5, 0.6) is 0 Å². The Morgan fingerprint density at radius 2 is 2.25 bits per heavy atom. The standard InChI is InChI=1S/C7H6F3N3O2S/c8-7(9,10)5-11-6-13(12-5)1-3(2-16-6)4(14)15/h3H,1-2H2,(H,14,15). The van der Waals surface area contributed by atoms with Crippen LogP contribution in [-0.4, -0.2) is 31.6 Å². The van der Waals surface area contributed by atoms with Gasteiger partial charge in [0.25, 0.3) is 5.82 Å². The predicted molar refractivity (Wildman–Crippen MR) is 46.9 cm³/mol. The van der Waals surface area contributed by atoms with Gasteiger partial charge in [-0.2, -0.15) is 18.2 Å². The van der Waals surface area contributed by atoms with Crippen LogP contribution in [0.15, 0.2) is 5.16 Å². The molecule has 16 heavy (non-hydrogen) atoms. The van der Waals surface area contributed by atoms with Gasteiger partial charge >= 0.3 is 12.1 Å². The maximum Gasteiger partial charge on any atom is 0.453 e. The zero-order valence-electron chi connectivity index (χ0n) is 7.73. The van der Waals surface area contributed by atoms with Gasteiger partial charge in [-0.25, -0.2) is 4.68 Å². The van der Waals surface area contributed by atoms with Crippen LogP contribution in [0.3, 0.4) is 0 Å². The molecule has 0 saturated heterocycles. The molecule has 1 aliphatic heterocycles. The van der Waals surface area contributed by atoms with Crippen LogP contribution in [-0.2, 0) is 17.5 Å². The minimum atomic E-state index is -4.59. The second kappa shape index (κ2) is 3.65. The van der Waals surface area contributed by atoms with Crippen LogP contribution in [0.4, 0.5) is 13.2 Å². The molecule has 0 fully saturated rings.